The normalized spacial score (nSPS) is 12.2. The Morgan fingerprint density at radius 3 is 2.55 bits per heavy atom. The Morgan fingerprint density at radius 2 is 1.90 bits per heavy atom. The van der Waals surface area contributed by atoms with E-state index in [2.05, 4.69) is 15.9 Å². The van der Waals surface area contributed by atoms with Crippen molar-refractivity contribution in [3.05, 3.63) is 63.9 Å². The molecule has 0 saturated heterocycles. The molecule has 0 spiro atoms. The van der Waals surface area contributed by atoms with Crippen LogP contribution in [-0.4, -0.2) is 11.7 Å². The highest BCUT2D eigenvalue weighted by atomic mass is 79.9. The second-order valence-corrected chi connectivity index (χ2v) is 5.23. The fourth-order valence-corrected chi connectivity index (χ4v) is 2.41. The van der Waals surface area contributed by atoms with Gasteiger partial charge < -0.3 is 9.84 Å². The minimum atomic E-state index is -0.677. The highest BCUT2D eigenvalue weighted by Gasteiger charge is 2.12. The zero-order valence-electron chi connectivity index (χ0n) is 11.1. The Bertz CT molecular complexity index is 569. The third kappa shape index (κ3) is 3.58. The van der Waals surface area contributed by atoms with Gasteiger partial charge in [0, 0.05) is 6.42 Å². The molecule has 2 aromatic rings. The molecule has 4 heteroatoms. The van der Waals surface area contributed by atoms with E-state index in [0.717, 1.165) is 16.9 Å². The smallest absolute Gasteiger partial charge is 0.137 e. The third-order valence-corrected chi connectivity index (χ3v) is 3.91. The van der Waals surface area contributed by atoms with Gasteiger partial charge in [0.05, 0.1) is 17.2 Å². The van der Waals surface area contributed by atoms with Crippen LogP contribution in [-0.2, 0) is 6.42 Å². The average Bonchev–Trinajstić information content (AvgIpc) is 2.45. The lowest BCUT2D eigenvalue weighted by molar-refractivity contribution is 0.178. The minimum Gasteiger partial charge on any atom is -0.494 e. The van der Waals surface area contributed by atoms with Gasteiger partial charge in [0.1, 0.15) is 11.6 Å². The highest BCUT2D eigenvalue weighted by Crippen LogP contribution is 2.26. The minimum absolute atomic E-state index is 0.318. The van der Waals surface area contributed by atoms with E-state index in [4.69, 9.17) is 4.74 Å². The topological polar surface area (TPSA) is 29.5 Å². The van der Waals surface area contributed by atoms with Gasteiger partial charge in [0.2, 0.25) is 0 Å². The Balaban J connectivity index is 2.11. The van der Waals surface area contributed by atoms with Crippen molar-refractivity contribution < 1.29 is 14.2 Å². The zero-order valence-corrected chi connectivity index (χ0v) is 12.7. The molecule has 2 rings (SSSR count). The number of halogens is 2. The molecule has 0 fully saturated rings. The molecule has 2 aromatic carbocycles. The van der Waals surface area contributed by atoms with Crippen molar-refractivity contribution in [1.29, 1.82) is 0 Å². The second-order valence-electron chi connectivity index (χ2n) is 4.43. The molecule has 20 heavy (non-hydrogen) atoms. The lowest BCUT2D eigenvalue weighted by Crippen LogP contribution is -2.03. The van der Waals surface area contributed by atoms with Crippen molar-refractivity contribution in [2.24, 2.45) is 0 Å². The van der Waals surface area contributed by atoms with Gasteiger partial charge in [-0.1, -0.05) is 24.3 Å². The van der Waals surface area contributed by atoms with Crippen molar-refractivity contribution in [1.82, 2.24) is 0 Å². The Kier molecular flexibility index (Phi) is 5.15. The molecular weight excluding hydrogens is 323 g/mol. The van der Waals surface area contributed by atoms with Crippen LogP contribution in [0, 0.1) is 5.82 Å². The van der Waals surface area contributed by atoms with Crippen molar-refractivity contribution in [2.45, 2.75) is 19.4 Å². The standard InChI is InChI=1S/C16H16BrFO2/c1-2-20-13-8-6-11(7-9-13)15(19)10-12-4-3-5-14(18)16(12)17/h3-9,15,19H,2,10H2,1H3. The summed E-state index contributed by atoms with van der Waals surface area (Å²) < 4.78 is 19.2. The van der Waals surface area contributed by atoms with Crippen LogP contribution in [0.15, 0.2) is 46.9 Å². The predicted molar refractivity (Wildman–Crippen MR) is 80.4 cm³/mol. The largest absolute Gasteiger partial charge is 0.494 e. The molecule has 1 N–H and O–H groups in total. The third-order valence-electron chi connectivity index (χ3n) is 3.02. The summed E-state index contributed by atoms with van der Waals surface area (Å²) in [4.78, 5) is 0. The van der Waals surface area contributed by atoms with E-state index in [0.29, 0.717) is 17.5 Å². The van der Waals surface area contributed by atoms with Crippen LogP contribution in [0.1, 0.15) is 24.2 Å². The van der Waals surface area contributed by atoms with E-state index in [1.165, 1.54) is 6.07 Å². The summed E-state index contributed by atoms with van der Waals surface area (Å²) in [6, 6.07) is 12.1. The summed E-state index contributed by atoms with van der Waals surface area (Å²) in [5.74, 6) is 0.455. The fourth-order valence-electron chi connectivity index (χ4n) is 1.99. The molecule has 1 unspecified atom stereocenters. The van der Waals surface area contributed by atoms with E-state index in [9.17, 15) is 9.50 Å². The molecule has 0 saturated carbocycles. The van der Waals surface area contributed by atoms with Gasteiger partial charge in [-0.3, -0.25) is 0 Å². The molecule has 0 heterocycles. The van der Waals surface area contributed by atoms with E-state index < -0.39 is 6.10 Å². The Morgan fingerprint density at radius 1 is 1.20 bits per heavy atom. The van der Waals surface area contributed by atoms with Crippen LogP contribution in [0.2, 0.25) is 0 Å². The molecule has 0 aliphatic rings. The number of rotatable bonds is 5. The molecule has 0 aliphatic heterocycles. The molecule has 0 aromatic heterocycles. The van der Waals surface area contributed by atoms with Crippen molar-refractivity contribution in [3.8, 4) is 5.75 Å². The lowest BCUT2D eigenvalue weighted by atomic mass is 10.0. The quantitative estimate of drug-likeness (QED) is 0.882. The van der Waals surface area contributed by atoms with Gasteiger partial charge in [-0.2, -0.15) is 0 Å². The highest BCUT2D eigenvalue weighted by molar-refractivity contribution is 9.10. The molecule has 0 bridgehead atoms. The molecular formula is C16H16BrFO2. The molecule has 2 nitrogen and oxygen atoms in total. The van der Waals surface area contributed by atoms with Gasteiger partial charge in [-0.25, -0.2) is 4.39 Å². The van der Waals surface area contributed by atoms with Gasteiger partial charge in [-0.05, 0) is 52.2 Å². The van der Waals surface area contributed by atoms with E-state index >= 15 is 0 Å². The van der Waals surface area contributed by atoms with Crippen LogP contribution in [0.4, 0.5) is 4.39 Å². The number of hydrogen-bond acceptors (Lipinski definition) is 2. The number of aliphatic hydroxyl groups excluding tert-OH is 1. The number of ether oxygens (including phenoxy) is 1. The van der Waals surface area contributed by atoms with Crippen LogP contribution >= 0.6 is 15.9 Å². The van der Waals surface area contributed by atoms with Gasteiger partial charge in [0.15, 0.2) is 0 Å². The molecule has 106 valence electrons. The maximum absolute atomic E-state index is 13.4. The first-order valence-corrected chi connectivity index (χ1v) is 7.24. The monoisotopic (exact) mass is 338 g/mol. The van der Waals surface area contributed by atoms with Crippen LogP contribution in [0.25, 0.3) is 0 Å². The molecule has 0 amide bonds. The van der Waals surface area contributed by atoms with Crippen LogP contribution in [0.5, 0.6) is 5.75 Å². The fraction of sp³-hybridized carbons (Fsp3) is 0.250. The number of benzene rings is 2. The maximum atomic E-state index is 13.4. The number of hydrogen-bond donors (Lipinski definition) is 1. The molecule has 0 radical (unpaired) electrons. The zero-order chi connectivity index (χ0) is 14.5. The van der Waals surface area contributed by atoms with E-state index in [-0.39, 0.29) is 5.82 Å². The number of aliphatic hydroxyl groups is 1. The van der Waals surface area contributed by atoms with Crippen LogP contribution in [0.3, 0.4) is 0 Å². The first-order valence-electron chi connectivity index (χ1n) is 6.45. The second kappa shape index (κ2) is 6.86. The first kappa shape index (κ1) is 15.0. The summed E-state index contributed by atoms with van der Waals surface area (Å²) in [5.41, 5.74) is 1.52. The molecule has 0 aliphatic carbocycles. The summed E-state index contributed by atoms with van der Waals surface area (Å²) in [7, 11) is 0. The summed E-state index contributed by atoms with van der Waals surface area (Å²) in [5, 5.41) is 10.2. The molecule has 1 atom stereocenters. The van der Waals surface area contributed by atoms with Crippen LogP contribution < -0.4 is 4.74 Å². The maximum Gasteiger partial charge on any atom is 0.137 e. The summed E-state index contributed by atoms with van der Waals surface area (Å²) >= 11 is 3.21. The lowest BCUT2D eigenvalue weighted by Gasteiger charge is -2.13. The van der Waals surface area contributed by atoms with Crippen molar-refractivity contribution in [2.75, 3.05) is 6.61 Å². The SMILES string of the molecule is CCOc1ccc(C(O)Cc2cccc(F)c2Br)cc1. The Hall–Kier alpha value is -1.39. The average molecular weight is 339 g/mol. The van der Waals surface area contributed by atoms with Gasteiger partial charge >= 0.3 is 0 Å². The van der Waals surface area contributed by atoms with E-state index in [1.54, 1.807) is 12.1 Å². The predicted octanol–water partition coefficient (Wildman–Crippen LogP) is 4.26. The Labute approximate surface area is 126 Å². The van der Waals surface area contributed by atoms with Crippen molar-refractivity contribution in [3.63, 3.8) is 0 Å². The van der Waals surface area contributed by atoms with E-state index in [1.807, 2.05) is 31.2 Å². The van der Waals surface area contributed by atoms with Gasteiger partial charge in [0.25, 0.3) is 0 Å². The van der Waals surface area contributed by atoms with Crippen molar-refractivity contribution >= 4 is 15.9 Å². The summed E-state index contributed by atoms with van der Waals surface area (Å²) in [6.45, 7) is 2.53. The summed E-state index contributed by atoms with van der Waals surface area (Å²) in [6.07, 6.45) is -0.324. The van der Waals surface area contributed by atoms with Gasteiger partial charge in [-0.15, -0.1) is 0 Å². The first-order chi connectivity index (χ1) is 9.61.